The number of hydrogen-bond acceptors (Lipinski definition) is 2. The van der Waals surface area contributed by atoms with Crippen LogP contribution in [0, 0.1) is 6.92 Å². The van der Waals surface area contributed by atoms with E-state index >= 15 is 0 Å². The van der Waals surface area contributed by atoms with Crippen LogP contribution in [0.15, 0.2) is 48.7 Å². The second-order valence-corrected chi connectivity index (χ2v) is 5.16. The second kappa shape index (κ2) is 5.37. The first kappa shape index (κ1) is 12.7. The van der Waals surface area contributed by atoms with Crippen LogP contribution in [0.2, 0.25) is 0 Å². The van der Waals surface area contributed by atoms with E-state index in [1.54, 1.807) is 0 Å². The van der Waals surface area contributed by atoms with Crippen molar-refractivity contribution in [2.45, 2.75) is 26.2 Å². The van der Waals surface area contributed by atoms with E-state index in [0.717, 1.165) is 36.5 Å². The van der Waals surface area contributed by atoms with Gasteiger partial charge >= 0.3 is 0 Å². The van der Waals surface area contributed by atoms with Gasteiger partial charge in [-0.05, 0) is 49.6 Å². The number of aryl methyl sites for hydroxylation is 3. The van der Waals surface area contributed by atoms with Crippen molar-refractivity contribution >= 4 is 11.2 Å². The Hall–Kier alpha value is -2.29. The third-order valence-electron chi connectivity index (χ3n) is 3.65. The standard InChI is InChI=1S/C17H19N3/c1-13-16-6-2-3-12-20(16)17(19-13)7-4-5-14-8-10-15(18)11-9-14/h2-3,6,8-12H,4-5,7,18H2,1H3. The lowest BCUT2D eigenvalue weighted by Gasteiger charge is -2.03. The minimum atomic E-state index is 0.823. The number of hydrogen-bond donors (Lipinski definition) is 1. The molecule has 0 radical (unpaired) electrons. The Labute approximate surface area is 119 Å². The molecule has 2 aromatic heterocycles. The molecule has 3 aromatic rings. The smallest absolute Gasteiger partial charge is 0.113 e. The van der Waals surface area contributed by atoms with Crippen LogP contribution < -0.4 is 5.73 Å². The van der Waals surface area contributed by atoms with Crippen molar-refractivity contribution in [2.24, 2.45) is 0 Å². The van der Waals surface area contributed by atoms with Crippen molar-refractivity contribution in [1.29, 1.82) is 0 Å². The molecule has 0 spiro atoms. The molecule has 0 saturated carbocycles. The number of benzene rings is 1. The molecule has 2 N–H and O–H groups in total. The summed E-state index contributed by atoms with van der Waals surface area (Å²) >= 11 is 0. The molecule has 0 aliphatic carbocycles. The molecular formula is C17H19N3. The van der Waals surface area contributed by atoms with E-state index in [1.807, 2.05) is 12.1 Å². The van der Waals surface area contributed by atoms with E-state index in [9.17, 15) is 0 Å². The summed E-state index contributed by atoms with van der Waals surface area (Å²) in [7, 11) is 0. The fraction of sp³-hybridized carbons (Fsp3) is 0.235. The lowest BCUT2D eigenvalue weighted by atomic mass is 10.1. The van der Waals surface area contributed by atoms with Crippen LogP contribution in [0.4, 0.5) is 5.69 Å². The monoisotopic (exact) mass is 265 g/mol. The zero-order valence-electron chi connectivity index (χ0n) is 11.7. The molecule has 1 aromatic carbocycles. The maximum absolute atomic E-state index is 5.70. The molecule has 0 aliphatic heterocycles. The Morgan fingerprint density at radius 3 is 2.65 bits per heavy atom. The highest BCUT2D eigenvalue weighted by molar-refractivity contribution is 5.52. The number of nitrogens with zero attached hydrogens (tertiary/aromatic N) is 2. The number of nitrogens with two attached hydrogens (primary N) is 1. The van der Waals surface area contributed by atoms with Crippen molar-refractivity contribution in [3.05, 3.63) is 65.7 Å². The summed E-state index contributed by atoms with van der Waals surface area (Å²) in [6.45, 7) is 2.07. The molecule has 0 aliphatic rings. The van der Waals surface area contributed by atoms with Gasteiger partial charge in [-0.25, -0.2) is 4.98 Å². The van der Waals surface area contributed by atoms with Gasteiger partial charge in [-0.15, -0.1) is 0 Å². The maximum atomic E-state index is 5.70. The quantitative estimate of drug-likeness (QED) is 0.735. The number of aromatic nitrogens is 2. The highest BCUT2D eigenvalue weighted by Crippen LogP contribution is 2.15. The average Bonchev–Trinajstić information content (AvgIpc) is 2.79. The number of imidazole rings is 1. The normalized spacial score (nSPS) is 11.1. The van der Waals surface area contributed by atoms with Gasteiger partial charge in [0.15, 0.2) is 0 Å². The minimum Gasteiger partial charge on any atom is -0.399 e. The van der Waals surface area contributed by atoms with Crippen LogP contribution >= 0.6 is 0 Å². The SMILES string of the molecule is Cc1nc(CCCc2ccc(N)cc2)n2ccccc12. The summed E-state index contributed by atoms with van der Waals surface area (Å²) in [5.41, 5.74) is 10.2. The lowest BCUT2D eigenvalue weighted by Crippen LogP contribution is -1.96. The molecule has 0 unspecified atom stereocenters. The summed E-state index contributed by atoms with van der Waals surface area (Å²) in [5.74, 6) is 1.15. The zero-order valence-corrected chi connectivity index (χ0v) is 11.7. The largest absolute Gasteiger partial charge is 0.399 e. The molecule has 0 atom stereocenters. The number of pyridine rings is 1. The van der Waals surface area contributed by atoms with E-state index in [2.05, 4.69) is 52.8 Å². The molecule has 3 nitrogen and oxygen atoms in total. The zero-order chi connectivity index (χ0) is 13.9. The molecule has 20 heavy (non-hydrogen) atoms. The van der Waals surface area contributed by atoms with E-state index in [4.69, 9.17) is 5.73 Å². The average molecular weight is 265 g/mol. The van der Waals surface area contributed by atoms with Gasteiger partial charge in [0, 0.05) is 18.3 Å². The summed E-state index contributed by atoms with van der Waals surface area (Å²) in [5, 5.41) is 0. The summed E-state index contributed by atoms with van der Waals surface area (Å²) in [6.07, 6.45) is 5.23. The van der Waals surface area contributed by atoms with Gasteiger partial charge in [-0.2, -0.15) is 0 Å². The van der Waals surface area contributed by atoms with Crippen LogP contribution in [0.1, 0.15) is 23.5 Å². The third-order valence-corrected chi connectivity index (χ3v) is 3.65. The van der Waals surface area contributed by atoms with Crippen molar-refractivity contribution in [2.75, 3.05) is 5.73 Å². The molecule has 3 rings (SSSR count). The first-order valence-electron chi connectivity index (χ1n) is 7.01. The minimum absolute atomic E-state index is 0.823. The number of anilines is 1. The van der Waals surface area contributed by atoms with Gasteiger partial charge in [0.2, 0.25) is 0 Å². The molecule has 0 bridgehead atoms. The predicted octanol–water partition coefficient (Wildman–Crippen LogP) is 3.40. The Bertz CT molecular complexity index is 711. The van der Waals surface area contributed by atoms with E-state index in [1.165, 1.54) is 11.1 Å². The van der Waals surface area contributed by atoms with Crippen molar-refractivity contribution in [3.63, 3.8) is 0 Å². The summed E-state index contributed by atoms with van der Waals surface area (Å²) in [6, 6.07) is 14.4. The second-order valence-electron chi connectivity index (χ2n) is 5.16. The predicted molar refractivity (Wildman–Crippen MR) is 82.8 cm³/mol. The number of rotatable bonds is 4. The number of fused-ring (bicyclic) bond motifs is 1. The molecule has 0 saturated heterocycles. The maximum Gasteiger partial charge on any atom is 0.113 e. The Balaban J connectivity index is 1.70. The van der Waals surface area contributed by atoms with Crippen LogP contribution in [-0.2, 0) is 12.8 Å². The highest BCUT2D eigenvalue weighted by atomic mass is 15.0. The molecule has 3 heteroatoms. The molecule has 0 fully saturated rings. The lowest BCUT2D eigenvalue weighted by molar-refractivity contribution is 0.767. The van der Waals surface area contributed by atoms with Crippen LogP contribution in [0.3, 0.4) is 0 Å². The van der Waals surface area contributed by atoms with Gasteiger partial charge in [0.05, 0.1) is 11.2 Å². The number of nitrogen functional groups attached to an aromatic ring is 1. The van der Waals surface area contributed by atoms with Gasteiger partial charge in [-0.1, -0.05) is 18.2 Å². The van der Waals surface area contributed by atoms with Crippen molar-refractivity contribution < 1.29 is 0 Å². The van der Waals surface area contributed by atoms with E-state index in [0.29, 0.717) is 0 Å². The fourth-order valence-electron chi connectivity index (χ4n) is 2.58. The summed E-state index contributed by atoms with van der Waals surface area (Å²) < 4.78 is 2.19. The van der Waals surface area contributed by atoms with Crippen LogP contribution in [0.5, 0.6) is 0 Å². The molecule has 2 heterocycles. The Morgan fingerprint density at radius 1 is 1.05 bits per heavy atom. The first-order valence-corrected chi connectivity index (χ1v) is 7.01. The fourth-order valence-corrected chi connectivity index (χ4v) is 2.58. The van der Waals surface area contributed by atoms with E-state index in [-0.39, 0.29) is 0 Å². The van der Waals surface area contributed by atoms with Crippen molar-refractivity contribution in [1.82, 2.24) is 9.38 Å². The molecule has 0 amide bonds. The van der Waals surface area contributed by atoms with Gasteiger partial charge in [-0.3, -0.25) is 0 Å². The van der Waals surface area contributed by atoms with Crippen molar-refractivity contribution in [3.8, 4) is 0 Å². The van der Waals surface area contributed by atoms with E-state index < -0.39 is 0 Å². The Kier molecular flexibility index (Phi) is 3.42. The molecular weight excluding hydrogens is 246 g/mol. The molecule has 102 valence electrons. The van der Waals surface area contributed by atoms with Gasteiger partial charge < -0.3 is 10.1 Å². The summed E-state index contributed by atoms with van der Waals surface area (Å²) in [4.78, 5) is 4.68. The van der Waals surface area contributed by atoms with Gasteiger partial charge in [0.1, 0.15) is 5.82 Å². The first-order chi connectivity index (χ1) is 9.74. The van der Waals surface area contributed by atoms with Crippen LogP contribution in [0.25, 0.3) is 5.52 Å². The van der Waals surface area contributed by atoms with Gasteiger partial charge in [0.25, 0.3) is 0 Å². The Morgan fingerprint density at radius 2 is 1.85 bits per heavy atom. The highest BCUT2D eigenvalue weighted by Gasteiger charge is 2.06. The van der Waals surface area contributed by atoms with Crippen LogP contribution in [-0.4, -0.2) is 9.38 Å². The topological polar surface area (TPSA) is 43.3 Å². The third kappa shape index (κ3) is 2.52.